The van der Waals surface area contributed by atoms with Gasteiger partial charge in [0.2, 0.25) is 0 Å². The van der Waals surface area contributed by atoms with Crippen LogP contribution in [0.1, 0.15) is 287 Å². The van der Waals surface area contributed by atoms with Crippen molar-refractivity contribution in [3.8, 4) is 0 Å². The molecular formula is C55H110F10. The van der Waals surface area contributed by atoms with Crippen LogP contribution in [0.3, 0.4) is 0 Å². The lowest BCUT2D eigenvalue weighted by Gasteiger charge is -2.33. The van der Waals surface area contributed by atoms with Crippen LogP contribution in [-0.2, 0) is 0 Å². The molecular weight excluding hydrogens is 851 g/mol. The fourth-order valence-electron chi connectivity index (χ4n) is 6.62. The number of hydrogen-bond acceptors (Lipinski definition) is 0. The Balaban J connectivity index is -0.000000212. The monoisotopic (exact) mass is 961 g/mol. The Morgan fingerprint density at radius 3 is 0.800 bits per heavy atom. The fourth-order valence-corrected chi connectivity index (χ4v) is 6.62. The van der Waals surface area contributed by atoms with Crippen molar-refractivity contribution in [2.45, 2.75) is 311 Å². The van der Waals surface area contributed by atoms with E-state index in [4.69, 9.17) is 0 Å². The molecule has 0 saturated heterocycles. The Bertz CT molecular complexity index is 1000. The summed E-state index contributed by atoms with van der Waals surface area (Å²) in [7, 11) is 0. The molecule has 0 heterocycles. The number of halogens is 10. The van der Waals surface area contributed by atoms with Gasteiger partial charge < -0.3 is 0 Å². The first-order chi connectivity index (χ1) is 29.1. The van der Waals surface area contributed by atoms with Crippen LogP contribution in [0.4, 0.5) is 43.9 Å². The van der Waals surface area contributed by atoms with Crippen LogP contribution in [0.5, 0.6) is 0 Å². The first-order valence-corrected chi connectivity index (χ1v) is 26.0. The summed E-state index contributed by atoms with van der Waals surface area (Å²) in [5.41, 5.74) is -1.19. The van der Waals surface area contributed by atoms with Gasteiger partial charge in [0.15, 0.2) is 5.41 Å². The van der Waals surface area contributed by atoms with Gasteiger partial charge in [-0.15, -0.1) is 0 Å². The minimum absolute atomic E-state index is 0.104. The molecule has 0 unspecified atom stereocenters. The fraction of sp³-hybridized carbons (Fsp3) is 1.00. The smallest absolute Gasteiger partial charge is 0.200 e. The van der Waals surface area contributed by atoms with Gasteiger partial charge in [0, 0.05) is 13.8 Å². The van der Waals surface area contributed by atoms with E-state index in [1.54, 1.807) is 0 Å². The maximum atomic E-state index is 11.6. The van der Waals surface area contributed by atoms with Crippen LogP contribution in [0, 0.1) is 44.8 Å². The maximum absolute atomic E-state index is 11.6. The largest absolute Gasteiger partial charge is 0.402 e. The molecule has 0 bridgehead atoms. The quantitative estimate of drug-likeness (QED) is 0.241. The molecule has 0 radical (unpaired) electrons. The van der Waals surface area contributed by atoms with Crippen LogP contribution in [-0.4, -0.2) is 24.2 Å². The Kier molecular flexibility index (Phi) is 39.0. The number of hydrogen-bond donors (Lipinski definition) is 0. The lowest BCUT2D eigenvalue weighted by atomic mass is 9.72. The van der Waals surface area contributed by atoms with E-state index in [2.05, 4.69) is 104 Å². The molecule has 0 spiro atoms. The third-order valence-electron chi connectivity index (χ3n) is 13.3. The highest BCUT2D eigenvalue weighted by molar-refractivity contribution is 4.84. The van der Waals surface area contributed by atoms with E-state index in [0.29, 0.717) is 16.2 Å². The summed E-state index contributed by atoms with van der Waals surface area (Å²) in [5, 5.41) is 0. The van der Waals surface area contributed by atoms with E-state index in [0.717, 1.165) is 23.2 Å². The van der Waals surface area contributed by atoms with E-state index < -0.39 is 29.6 Å². The average molecular weight is 961 g/mol. The van der Waals surface area contributed by atoms with Gasteiger partial charge in [-0.25, -0.2) is 17.6 Å². The summed E-state index contributed by atoms with van der Waals surface area (Å²) in [5.74, 6) is -4.56. The summed E-state index contributed by atoms with van der Waals surface area (Å²) >= 11 is 0. The van der Waals surface area contributed by atoms with E-state index in [1.807, 2.05) is 13.8 Å². The van der Waals surface area contributed by atoms with Gasteiger partial charge in [-0.3, -0.25) is 0 Å². The van der Waals surface area contributed by atoms with Crippen molar-refractivity contribution in [2.75, 3.05) is 0 Å². The van der Waals surface area contributed by atoms with E-state index in [1.165, 1.54) is 141 Å². The van der Waals surface area contributed by atoms with Crippen LogP contribution < -0.4 is 0 Å². The second kappa shape index (κ2) is 34.6. The van der Waals surface area contributed by atoms with Gasteiger partial charge in [0.25, 0.3) is 0 Å². The van der Waals surface area contributed by atoms with Crippen LogP contribution in [0.15, 0.2) is 0 Å². The molecule has 400 valence electrons. The summed E-state index contributed by atoms with van der Waals surface area (Å²) in [6.45, 7) is 38.7. The predicted octanol–water partition coefficient (Wildman–Crippen LogP) is 23.1. The first-order valence-electron chi connectivity index (χ1n) is 26.0. The zero-order valence-electron chi connectivity index (χ0n) is 46.6. The van der Waals surface area contributed by atoms with Crippen molar-refractivity contribution in [2.24, 2.45) is 44.8 Å². The van der Waals surface area contributed by atoms with Crippen molar-refractivity contribution in [1.82, 2.24) is 0 Å². The van der Waals surface area contributed by atoms with Crippen LogP contribution in [0.25, 0.3) is 0 Å². The number of rotatable bonds is 5. The predicted molar refractivity (Wildman–Crippen MR) is 265 cm³/mol. The molecule has 0 aliphatic heterocycles. The highest BCUT2D eigenvalue weighted by Crippen LogP contribution is 2.49. The standard InChI is InChI=1S/C10H20.2C8H16.C7H14.C6H14.C5H6F6.C5H12.C4H6F4.C2H6/c1-4-9-5-7-10(2,3)8-6-9;1-3-8(2)6-4-5-7-8;1-2-8-6-4-3-5-7-8;1-2-7-5-3-4-6-7;1-5-6(2,3)4;1-3(2,4(6,7)8)5(9,10)11;1-5(2,3)4;1-3(5,6)4(2,7)8;1-2/h9H,4-8H2,1-3H3;3-7H2,1-2H3;8H,2-7H2,1H3;7H,2-6H2,1H3;5H2,1-4H3;1-2H3;1-4H3;1-2H3;1-2H3. The van der Waals surface area contributed by atoms with Crippen molar-refractivity contribution in [1.29, 1.82) is 0 Å². The number of alkyl halides is 10. The second-order valence-electron chi connectivity index (χ2n) is 23.7. The molecule has 4 fully saturated rings. The average Bonchev–Trinajstić information content (AvgIpc) is 3.88. The Labute approximate surface area is 398 Å². The Morgan fingerprint density at radius 1 is 0.400 bits per heavy atom. The summed E-state index contributed by atoms with van der Waals surface area (Å²) in [6, 6.07) is 0. The van der Waals surface area contributed by atoms with Crippen LogP contribution in [0.2, 0.25) is 0 Å². The lowest BCUT2D eigenvalue weighted by molar-refractivity contribution is -0.327. The molecule has 0 amide bonds. The zero-order valence-corrected chi connectivity index (χ0v) is 46.6. The third kappa shape index (κ3) is 43.1. The maximum Gasteiger partial charge on any atom is 0.402 e. The van der Waals surface area contributed by atoms with Gasteiger partial charge in [-0.05, 0) is 91.8 Å². The lowest BCUT2D eigenvalue weighted by Crippen LogP contribution is -2.44. The van der Waals surface area contributed by atoms with Crippen molar-refractivity contribution < 1.29 is 43.9 Å². The molecule has 4 saturated carbocycles. The van der Waals surface area contributed by atoms with Crippen LogP contribution >= 0.6 is 0 Å². The molecule has 0 aromatic rings. The Hall–Kier alpha value is -0.700. The minimum Gasteiger partial charge on any atom is -0.200 e. The SMILES string of the molecule is CC.CC(C)(C(F)(F)F)C(F)(F)F.CC(C)(C)C.CC(F)(F)C(C)(F)F.CCC(C)(C)C.CCC1(C)CCCC1.CCC1CCC(C)(C)CC1.CCC1CCCC1.CCC1CCCCC1. The summed E-state index contributed by atoms with van der Waals surface area (Å²) in [6.07, 6.45) is 21.7. The molecule has 4 rings (SSSR count). The van der Waals surface area contributed by atoms with Crippen molar-refractivity contribution >= 4 is 0 Å². The molecule has 10 heteroatoms. The van der Waals surface area contributed by atoms with Gasteiger partial charge in [-0.1, -0.05) is 220 Å². The summed E-state index contributed by atoms with van der Waals surface area (Å²) < 4.78 is 116. The molecule has 0 N–H and O–H groups in total. The van der Waals surface area contributed by atoms with E-state index >= 15 is 0 Å². The van der Waals surface area contributed by atoms with Gasteiger partial charge in [-0.2, -0.15) is 26.3 Å². The summed E-state index contributed by atoms with van der Waals surface area (Å²) in [4.78, 5) is 0. The highest BCUT2D eigenvalue weighted by Gasteiger charge is 2.64. The van der Waals surface area contributed by atoms with E-state index in [-0.39, 0.29) is 27.7 Å². The molecule has 0 aromatic carbocycles. The van der Waals surface area contributed by atoms with Gasteiger partial charge in [0.05, 0.1) is 0 Å². The molecule has 0 aromatic heterocycles. The van der Waals surface area contributed by atoms with Gasteiger partial charge >= 0.3 is 24.2 Å². The van der Waals surface area contributed by atoms with Gasteiger partial charge in [0.1, 0.15) is 0 Å². The normalized spacial score (nSPS) is 19.2. The second-order valence-corrected chi connectivity index (χ2v) is 23.7. The molecule has 0 atom stereocenters. The zero-order chi connectivity index (χ0) is 52.8. The molecule has 65 heavy (non-hydrogen) atoms. The first kappa shape index (κ1) is 73.3. The molecule has 4 aliphatic carbocycles. The Morgan fingerprint density at radius 2 is 0.646 bits per heavy atom. The van der Waals surface area contributed by atoms with E-state index in [9.17, 15) is 43.9 Å². The minimum atomic E-state index is -5.24. The van der Waals surface area contributed by atoms with Crippen molar-refractivity contribution in [3.05, 3.63) is 0 Å². The molecule has 4 aliphatic rings. The molecule has 0 nitrogen and oxygen atoms in total. The third-order valence-corrected chi connectivity index (χ3v) is 13.3. The highest BCUT2D eigenvalue weighted by atomic mass is 19.4. The topological polar surface area (TPSA) is 0 Å². The van der Waals surface area contributed by atoms with Crippen molar-refractivity contribution in [3.63, 3.8) is 0 Å².